The van der Waals surface area contributed by atoms with Gasteiger partial charge in [0.05, 0.1) is 11.4 Å². The lowest BCUT2D eigenvalue weighted by Gasteiger charge is -2.03. The van der Waals surface area contributed by atoms with Gasteiger partial charge in [-0.25, -0.2) is 0 Å². The van der Waals surface area contributed by atoms with E-state index in [0.29, 0.717) is 5.75 Å². The van der Waals surface area contributed by atoms with Gasteiger partial charge in [0.25, 0.3) is 0 Å². The lowest BCUT2D eigenvalue weighted by molar-refractivity contribution is 0.474. The van der Waals surface area contributed by atoms with Gasteiger partial charge in [0, 0.05) is 30.2 Å². The van der Waals surface area contributed by atoms with Crippen LogP contribution in [0.2, 0.25) is 0 Å². The normalized spacial score (nSPS) is 12.2. The number of fused-ring (bicyclic) bond motifs is 3. The number of hydrogen-bond donors (Lipinski definition) is 2. The Bertz CT molecular complexity index is 848. The largest absolute Gasteiger partial charge is 0.508 e. The van der Waals surface area contributed by atoms with Crippen LogP contribution in [0.25, 0.3) is 22.5 Å². The second-order valence-electron chi connectivity index (χ2n) is 5.36. The molecule has 2 N–H and O–H groups in total. The monoisotopic (exact) mass is 278 g/mol. The molecule has 4 rings (SSSR count). The van der Waals surface area contributed by atoms with Gasteiger partial charge in [-0.2, -0.15) is 5.10 Å². The van der Waals surface area contributed by atoms with Gasteiger partial charge in [-0.15, -0.1) is 0 Å². The van der Waals surface area contributed by atoms with Gasteiger partial charge in [-0.1, -0.05) is 0 Å². The van der Waals surface area contributed by atoms with Crippen molar-refractivity contribution >= 4 is 0 Å². The van der Waals surface area contributed by atoms with E-state index in [1.165, 1.54) is 5.56 Å². The maximum Gasteiger partial charge on any atom is 0.115 e. The van der Waals surface area contributed by atoms with Crippen molar-refractivity contribution < 1.29 is 10.2 Å². The first-order chi connectivity index (χ1) is 10.1. The summed E-state index contributed by atoms with van der Waals surface area (Å²) in [5, 5.41) is 23.7. The third kappa shape index (κ3) is 1.72. The summed E-state index contributed by atoms with van der Waals surface area (Å²) >= 11 is 0. The number of rotatable bonds is 1. The van der Waals surface area contributed by atoms with Crippen LogP contribution in [0.1, 0.15) is 11.1 Å². The minimum Gasteiger partial charge on any atom is -0.508 e. The lowest BCUT2D eigenvalue weighted by atomic mass is 10.1. The van der Waals surface area contributed by atoms with Crippen molar-refractivity contribution in [3.8, 4) is 34.0 Å². The standard InChI is InChI=1S/C17H14N2O2/c1-19-17-14-7-6-13(21)8-11(14)9-15(17)16(18-19)10-2-4-12(20)5-3-10/h2-8,20-21H,9H2,1H3. The summed E-state index contributed by atoms with van der Waals surface area (Å²) in [5.74, 6) is 0.542. The number of phenols is 2. The Labute approximate surface area is 121 Å². The number of benzene rings is 2. The van der Waals surface area contributed by atoms with E-state index in [9.17, 15) is 10.2 Å². The molecule has 4 heteroatoms. The molecule has 1 aromatic heterocycles. The molecule has 0 atom stereocenters. The molecule has 1 aliphatic rings. The highest BCUT2D eigenvalue weighted by molar-refractivity contribution is 5.82. The zero-order valence-corrected chi connectivity index (χ0v) is 11.5. The van der Waals surface area contributed by atoms with Crippen LogP contribution in [0.4, 0.5) is 0 Å². The zero-order valence-electron chi connectivity index (χ0n) is 11.5. The summed E-state index contributed by atoms with van der Waals surface area (Å²) in [7, 11) is 1.94. The summed E-state index contributed by atoms with van der Waals surface area (Å²) in [6.07, 6.45) is 0.767. The van der Waals surface area contributed by atoms with Crippen LogP contribution in [0, 0.1) is 0 Å². The molecule has 3 aromatic rings. The first-order valence-corrected chi connectivity index (χ1v) is 6.81. The molecule has 1 aliphatic carbocycles. The molecule has 104 valence electrons. The van der Waals surface area contributed by atoms with Gasteiger partial charge in [-0.3, -0.25) is 4.68 Å². The molecule has 0 fully saturated rings. The van der Waals surface area contributed by atoms with Crippen LogP contribution in [0.3, 0.4) is 0 Å². The fourth-order valence-corrected chi connectivity index (χ4v) is 3.07. The van der Waals surface area contributed by atoms with E-state index >= 15 is 0 Å². The molecule has 0 radical (unpaired) electrons. The molecule has 21 heavy (non-hydrogen) atoms. The van der Waals surface area contributed by atoms with Gasteiger partial charge >= 0.3 is 0 Å². The van der Waals surface area contributed by atoms with Gasteiger partial charge in [0.2, 0.25) is 0 Å². The maximum atomic E-state index is 9.65. The Balaban J connectivity index is 1.90. The third-order valence-corrected chi connectivity index (χ3v) is 4.00. The number of aromatic hydroxyl groups is 2. The highest BCUT2D eigenvalue weighted by atomic mass is 16.3. The van der Waals surface area contributed by atoms with Gasteiger partial charge in [0.1, 0.15) is 11.5 Å². The summed E-state index contributed by atoms with van der Waals surface area (Å²) < 4.78 is 1.89. The highest BCUT2D eigenvalue weighted by Crippen LogP contribution is 2.42. The minimum atomic E-state index is 0.250. The number of phenolic OH excluding ortho intramolecular Hbond substituents is 2. The molecule has 0 amide bonds. The Kier molecular flexibility index (Phi) is 2.36. The van der Waals surface area contributed by atoms with Crippen LogP contribution in [0.15, 0.2) is 42.5 Å². The van der Waals surface area contributed by atoms with E-state index in [1.807, 2.05) is 36.0 Å². The molecule has 0 saturated heterocycles. The summed E-state index contributed by atoms with van der Waals surface area (Å²) in [4.78, 5) is 0. The third-order valence-electron chi connectivity index (χ3n) is 4.00. The Morgan fingerprint density at radius 3 is 2.48 bits per heavy atom. The van der Waals surface area contributed by atoms with Crippen molar-refractivity contribution in [1.82, 2.24) is 9.78 Å². The number of hydrogen-bond acceptors (Lipinski definition) is 3. The molecule has 4 nitrogen and oxygen atoms in total. The van der Waals surface area contributed by atoms with Crippen LogP contribution < -0.4 is 0 Å². The molecule has 1 heterocycles. The van der Waals surface area contributed by atoms with Gasteiger partial charge in [0.15, 0.2) is 0 Å². The predicted octanol–water partition coefficient (Wildman–Crippen LogP) is 3.07. The predicted molar refractivity (Wildman–Crippen MR) is 80.2 cm³/mol. The molecule has 0 saturated carbocycles. The average molecular weight is 278 g/mol. The first-order valence-electron chi connectivity index (χ1n) is 6.81. The summed E-state index contributed by atoms with van der Waals surface area (Å²) in [5.41, 5.74) is 6.45. The number of nitrogens with zero attached hydrogens (tertiary/aromatic N) is 2. The minimum absolute atomic E-state index is 0.250. The molecular formula is C17H14N2O2. The molecular weight excluding hydrogens is 264 g/mol. The topological polar surface area (TPSA) is 58.3 Å². The number of aromatic nitrogens is 2. The zero-order chi connectivity index (χ0) is 14.6. The molecule has 0 spiro atoms. The molecule has 0 aliphatic heterocycles. The fraction of sp³-hybridized carbons (Fsp3) is 0.118. The van der Waals surface area contributed by atoms with Crippen molar-refractivity contribution in [2.75, 3.05) is 0 Å². The van der Waals surface area contributed by atoms with Crippen molar-refractivity contribution in [3.63, 3.8) is 0 Å². The summed E-state index contributed by atoms with van der Waals surface area (Å²) in [6, 6.07) is 12.6. The Hall–Kier alpha value is -2.75. The van der Waals surface area contributed by atoms with Crippen LogP contribution in [-0.2, 0) is 13.5 Å². The van der Waals surface area contributed by atoms with Crippen molar-refractivity contribution in [3.05, 3.63) is 53.6 Å². The van der Waals surface area contributed by atoms with Gasteiger partial charge in [-0.05, 0) is 48.0 Å². The van der Waals surface area contributed by atoms with E-state index in [0.717, 1.165) is 34.5 Å². The van der Waals surface area contributed by atoms with E-state index in [-0.39, 0.29) is 5.75 Å². The second kappa shape index (κ2) is 4.12. The maximum absolute atomic E-state index is 9.65. The van der Waals surface area contributed by atoms with E-state index in [2.05, 4.69) is 5.10 Å². The molecule has 0 unspecified atom stereocenters. The SMILES string of the molecule is Cn1nc(-c2ccc(O)cc2)c2c1-c1ccc(O)cc1C2. The van der Waals surface area contributed by atoms with Crippen LogP contribution in [-0.4, -0.2) is 20.0 Å². The van der Waals surface area contributed by atoms with E-state index < -0.39 is 0 Å². The molecule has 2 aromatic carbocycles. The first kappa shape index (κ1) is 12.0. The average Bonchev–Trinajstić information content (AvgIpc) is 2.97. The fourth-order valence-electron chi connectivity index (χ4n) is 3.07. The lowest BCUT2D eigenvalue weighted by Crippen LogP contribution is -1.94. The van der Waals surface area contributed by atoms with Crippen molar-refractivity contribution in [2.24, 2.45) is 7.05 Å². The van der Waals surface area contributed by atoms with E-state index in [4.69, 9.17) is 0 Å². The molecule has 0 bridgehead atoms. The Morgan fingerprint density at radius 2 is 1.71 bits per heavy atom. The quantitative estimate of drug-likeness (QED) is 0.562. The van der Waals surface area contributed by atoms with E-state index in [1.54, 1.807) is 18.2 Å². The smallest absolute Gasteiger partial charge is 0.115 e. The number of aryl methyl sites for hydroxylation is 1. The second-order valence-corrected chi connectivity index (χ2v) is 5.36. The highest BCUT2D eigenvalue weighted by Gasteiger charge is 2.27. The van der Waals surface area contributed by atoms with Crippen molar-refractivity contribution in [2.45, 2.75) is 6.42 Å². The van der Waals surface area contributed by atoms with Crippen LogP contribution >= 0.6 is 0 Å². The van der Waals surface area contributed by atoms with Crippen molar-refractivity contribution in [1.29, 1.82) is 0 Å². The Morgan fingerprint density at radius 1 is 1.00 bits per heavy atom. The van der Waals surface area contributed by atoms with Crippen LogP contribution in [0.5, 0.6) is 11.5 Å². The summed E-state index contributed by atoms with van der Waals surface area (Å²) in [6.45, 7) is 0. The van der Waals surface area contributed by atoms with Gasteiger partial charge < -0.3 is 10.2 Å².